The molecule has 1 aliphatic rings. The molecule has 5 nitrogen and oxygen atoms in total. The van der Waals surface area contributed by atoms with Crippen LogP contribution in [0.25, 0.3) is 0 Å². The van der Waals surface area contributed by atoms with Gasteiger partial charge in [-0.2, -0.15) is 0 Å². The van der Waals surface area contributed by atoms with Gasteiger partial charge < -0.3 is 14.9 Å². The topological polar surface area (TPSA) is 60.9 Å². The molecule has 1 aliphatic heterocycles. The number of carboxylic acid groups (broad SMARTS) is 1. The van der Waals surface area contributed by atoms with Crippen molar-refractivity contribution in [2.24, 2.45) is 0 Å². The second-order valence-electron chi connectivity index (χ2n) is 5.26. The van der Waals surface area contributed by atoms with E-state index in [2.05, 4.69) is 0 Å². The van der Waals surface area contributed by atoms with Crippen LogP contribution >= 0.6 is 11.6 Å². The summed E-state index contributed by atoms with van der Waals surface area (Å²) in [5.41, 5.74) is 0.0170. The SMILES string of the molecule is O=C(O)CCN1CCCN(C(=O)c2ccc(Cl)cc2F)CC1. The average molecular weight is 329 g/mol. The first-order valence-corrected chi connectivity index (χ1v) is 7.53. The number of carboxylic acids is 1. The van der Waals surface area contributed by atoms with E-state index in [1.54, 1.807) is 4.90 Å². The van der Waals surface area contributed by atoms with E-state index >= 15 is 0 Å². The van der Waals surface area contributed by atoms with Gasteiger partial charge in [-0.3, -0.25) is 9.59 Å². The highest BCUT2D eigenvalue weighted by Gasteiger charge is 2.22. The maximum Gasteiger partial charge on any atom is 0.304 e. The molecule has 1 amide bonds. The normalized spacial score (nSPS) is 16.4. The molecule has 1 N–H and O–H groups in total. The third-order valence-corrected chi connectivity index (χ3v) is 3.91. The molecule has 1 saturated heterocycles. The summed E-state index contributed by atoms with van der Waals surface area (Å²) in [5.74, 6) is -1.81. The van der Waals surface area contributed by atoms with Gasteiger partial charge in [-0.05, 0) is 31.2 Å². The van der Waals surface area contributed by atoms with E-state index in [4.69, 9.17) is 16.7 Å². The molecule has 0 saturated carbocycles. The maximum absolute atomic E-state index is 13.8. The maximum atomic E-state index is 13.8. The predicted molar refractivity (Wildman–Crippen MR) is 80.6 cm³/mol. The van der Waals surface area contributed by atoms with Crippen molar-refractivity contribution in [2.75, 3.05) is 32.7 Å². The predicted octanol–water partition coefficient (Wildman–Crippen LogP) is 2.10. The van der Waals surface area contributed by atoms with Crippen LogP contribution in [0.2, 0.25) is 5.02 Å². The number of halogens is 2. The summed E-state index contributed by atoms with van der Waals surface area (Å²) in [6.45, 7) is 2.78. The fourth-order valence-corrected chi connectivity index (χ4v) is 2.64. The van der Waals surface area contributed by atoms with Crippen LogP contribution in [0.5, 0.6) is 0 Å². The van der Waals surface area contributed by atoms with Crippen molar-refractivity contribution in [3.05, 3.63) is 34.6 Å². The first-order chi connectivity index (χ1) is 10.5. The monoisotopic (exact) mass is 328 g/mol. The molecule has 0 radical (unpaired) electrons. The number of nitrogens with zero attached hydrogens (tertiary/aromatic N) is 2. The smallest absolute Gasteiger partial charge is 0.304 e. The van der Waals surface area contributed by atoms with Gasteiger partial charge in [-0.1, -0.05) is 11.6 Å². The van der Waals surface area contributed by atoms with E-state index < -0.39 is 11.8 Å². The van der Waals surface area contributed by atoms with E-state index in [1.165, 1.54) is 12.1 Å². The number of benzene rings is 1. The summed E-state index contributed by atoms with van der Waals surface area (Å²) in [5, 5.41) is 8.97. The van der Waals surface area contributed by atoms with E-state index in [0.29, 0.717) is 26.2 Å². The lowest BCUT2D eigenvalue weighted by Crippen LogP contribution is -2.36. The standard InChI is InChI=1S/C15H18ClFN2O3/c16-11-2-3-12(13(17)10-11)15(22)19-6-1-5-18(8-9-19)7-4-14(20)21/h2-3,10H,1,4-9H2,(H,20,21). The lowest BCUT2D eigenvalue weighted by molar-refractivity contribution is -0.137. The minimum atomic E-state index is -0.833. The van der Waals surface area contributed by atoms with Gasteiger partial charge in [0.2, 0.25) is 0 Å². The number of amides is 1. The van der Waals surface area contributed by atoms with Gasteiger partial charge in [0.15, 0.2) is 0 Å². The Bertz CT molecular complexity index is 568. The van der Waals surface area contributed by atoms with Crippen molar-refractivity contribution in [3.63, 3.8) is 0 Å². The molecule has 1 aromatic carbocycles. The first-order valence-electron chi connectivity index (χ1n) is 7.16. The molecule has 1 aromatic rings. The summed E-state index contributed by atoms with van der Waals surface area (Å²) in [7, 11) is 0. The zero-order chi connectivity index (χ0) is 16.1. The molecular weight excluding hydrogens is 311 g/mol. The first kappa shape index (κ1) is 16.7. The zero-order valence-electron chi connectivity index (χ0n) is 12.1. The van der Waals surface area contributed by atoms with Crippen molar-refractivity contribution < 1.29 is 19.1 Å². The highest BCUT2D eigenvalue weighted by molar-refractivity contribution is 6.30. The fourth-order valence-electron chi connectivity index (χ4n) is 2.48. The largest absolute Gasteiger partial charge is 0.481 e. The molecule has 7 heteroatoms. The second-order valence-corrected chi connectivity index (χ2v) is 5.69. The highest BCUT2D eigenvalue weighted by atomic mass is 35.5. The Balaban J connectivity index is 1.98. The second kappa shape index (κ2) is 7.56. The molecule has 120 valence electrons. The Morgan fingerprint density at radius 3 is 2.68 bits per heavy atom. The molecule has 0 aliphatic carbocycles. The summed E-state index contributed by atoms with van der Waals surface area (Å²) >= 11 is 5.69. The van der Waals surface area contributed by atoms with Gasteiger partial charge >= 0.3 is 5.97 Å². The molecule has 0 aromatic heterocycles. The lowest BCUT2D eigenvalue weighted by Gasteiger charge is -2.22. The molecule has 0 bridgehead atoms. The number of rotatable bonds is 4. The fraction of sp³-hybridized carbons (Fsp3) is 0.467. The molecule has 1 heterocycles. The molecule has 2 rings (SSSR count). The van der Waals surface area contributed by atoms with Gasteiger partial charge in [0.05, 0.1) is 12.0 Å². The Hall–Kier alpha value is -1.66. The van der Waals surface area contributed by atoms with Crippen LogP contribution in [-0.4, -0.2) is 59.5 Å². The van der Waals surface area contributed by atoms with Gasteiger partial charge in [0, 0.05) is 31.2 Å². The lowest BCUT2D eigenvalue weighted by atomic mass is 10.2. The van der Waals surface area contributed by atoms with Gasteiger partial charge in [-0.15, -0.1) is 0 Å². The average Bonchev–Trinajstić information content (AvgIpc) is 2.70. The minimum absolute atomic E-state index is 0.0170. The number of carbonyl (C=O) groups excluding carboxylic acids is 1. The summed E-state index contributed by atoms with van der Waals surface area (Å²) < 4.78 is 13.8. The van der Waals surface area contributed by atoms with Crippen molar-refractivity contribution in [2.45, 2.75) is 12.8 Å². The van der Waals surface area contributed by atoms with Crippen LogP contribution in [0.15, 0.2) is 18.2 Å². The van der Waals surface area contributed by atoms with Crippen LogP contribution in [0.1, 0.15) is 23.2 Å². The molecular formula is C15H18ClFN2O3. The van der Waals surface area contributed by atoms with Crippen LogP contribution in [-0.2, 0) is 4.79 Å². The van der Waals surface area contributed by atoms with Crippen molar-refractivity contribution >= 4 is 23.5 Å². The Morgan fingerprint density at radius 1 is 1.23 bits per heavy atom. The Kier molecular flexibility index (Phi) is 5.74. The zero-order valence-corrected chi connectivity index (χ0v) is 12.9. The summed E-state index contributed by atoms with van der Waals surface area (Å²) in [4.78, 5) is 26.6. The van der Waals surface area contributed by atoms with Crippen LogP contribution in [0.3, 0.4) is 0 Å². The van der Waals surface area contributed by atoms with E-state index in [9.17, 15) is 14.0 Å². The molecule has 22 heavy (non-hydrogen) atoms. The van der Waals surface area contributed by atoms with Gasteiger partial charge in [-0.25, -0.2) is 4.39 Å². The van der Waals surface area contributed by atoms with Crippen LogP contribution in [0, 0.1) is 5.82 Å². The third-order valence-electron chi connectivity index (χ3n) is 3.68. The third kappa shape index (κ3) is 4.42. The van der Waals surface area contributed by atoms with Crippen LogP contribution in [0.4, 0.5) is 4.39 Å². The molecule has 0 atom stereocenters. The molecule has 0 spiro atoms. The molecule has 1 fully saturated rings. The minimum Gasteiger partial charge on any atom is -0.481 e. The number of carbonyl (C=O) groups is 2. The number of hydrogen-bond acceptors (Lipinski definition) is 3. The van der Waals surface area contributed by atoms with Crippen molar-refractivity contribution in [3.8, 4) is 0 Å². The summed E-state index contributed by atoms with van der Waals surface area (Å²) in [6, 6.07) is 4.02. The highest BCUT2D eigenvalue weighted by Crippen LogP contribution is 2.17. The van der Waals surface area contributed by atoms with Crippen molar-refractivity contribution in [1.29, 1.82) is 0 Å². The van der Waals surface area contributed by atoms with E-state index in [-0.39, 0.29) is 22.9 Å². The van der Waals surface area contributed by atoms with Gasteiger partial charge in [0.25, 0.3) is 5.91 Å². The Morgan fingerprint density at radius 2 is 2.00 bits per heavy atom. The number of aliphatic carboxylic acids is 1. The number of hydrogen-bond donors (Lipinski definition) is 1. The quantitative estimate of drug-likeness (QED) is 0.919. The van der Waals surface area contributed by atoms with E-state index in [0.717, 1.165) is 19.0 Å². The van der Waals surface area contributed by atoms with E-state index in [1.807, 2.05) is 4.90 Å². The van der Waals surface area contributed by atoms with Gasteiger partial charge in [0.1, 0.15) is 5.82 Å². The summed E-state index contributed by atoms with van der Waals surface area (Å²) in [6.07, 6.45) is 0.820. The van der Waals surface area contributed by atoms with Crippen LogP contribution < -0.4 is 0 Å². The molecule has 0 unspecified atom stereocenters. The Labute approximate surface area is 133 Å². The van der Waals surface area contributed by atoms with Crippen molar-refractivity contribution in [1.82, 2.24) is 9.80 Å².